The molecule has 0 fully saturated rings. The summed E-state index contributed by atoms with van der Waals surface area (Å²) in [4.78, 5) is 3.92. The molecule has 3 heteroatoms. The highest BCUT2D eigenvalue weighted by Gasteiger charge is 1.95. The van der Waals surface area contributed by atoms with Crippen LogP contribution in [0, 0.1) is 23.2 Å². The molecule has 1 rings (SSSR count). The molecule has 13 heavy (non-hydrogen) atoms. The van der Waals surface area contributed by atoms with Crippen molar-refractivity contribution in [3.63, 3.8) is 0 Å². The summed E-state index contributed by atoms with van der Waals surface area (Å²) in [6.45, 7) is 2.04. The van der Waals surface area contributed by atoms with Gasteiger partial charge < -0.3 is 4.74 Å². The van der Waals surface area contributed by atoms with E-state index in [1.54, 1.807) is 19.1 Å². The Bertz CT molecular complexity index is 382. The molecule has 0 bridgehead atoms. The van der Waals surface area contributed by atoms with Crippen LogP contribution in [0.15, 0.2) is 18.3 Å². The maximum atomic E-state index is 8.57. The van der Waals surface area contributed by atoms with Gasteiger partial charge in [-0.15, -0.1) is 5.92 Å². The van der Waals surface area contributed by atoms with Crippen molar-refractivity contribution < 1.29 is 4.74 Å². The largest absolute Gasteiger partial charge is 0.464 e. The molecule has 0 saturated carbocycles. The maximum absolute atomic E-state index is 8.57. The zero-order chi connectivity index (χ0) is 9.52. The van der Waals surface area contributed by atoms with Gasteiger partial charge in [0.05, 0.1) is 11.6 Å². The predicted molar refractivity (Wildman–Crippen MR) is 47.9 cm³/mol. The summed E-state index contributed by atoms with van der Waals surface area (Å²) in [7, 11) is 0. The third-order valence-electron chi connectivity index (χ3n) is 1.33. The summed E-state index contributed by atoms with van der Waals surface area (Å²) in [6.07, 6.45) is 1.53. The Labute approximate surface area is 77.0 Å². The Morgan fingerprint density at radius 1 is 1.62 bits per heavy atom. The van der Waals surface area contributed by atoms with E-state index < -0.39 is 0 Å². The lowest BCUT2D eigenvalue weighted by Crippen LogP contribution is -1.96. The van der Waals surface area contributed by atoms with E-state index in [-0.39, 0.29) is 0 Å². The predicted octanol–water partition coefficient (Wildman–Crippen LogP) is 1.36. The van der Waals surface area contributed by atoms with Gasteiger partial charge in [-0.25, -0.2) is 4.98 Å². The van der Waals surface area contributed by atoms with Crippen LogP contribution in [0.2, 0.25) is 0 Å². The first-order valence-corrected chi connectivity index (χ1v) is 3.75. The van der Waals surface area contributed by atoms with Crippen LogP contribution in [0.3, 0.4) is 0 Å². The Hall–Kier alpha value is -2.00. The number of hydrogen-bond acceptors (Lipinski definition) is 3. The van der Waals surface area contributed by atoms with E-state index in [4.69, 9.17) is 10.00 Å². The van der Waals surface area contributed by atoms with E-state index >= 15 is 0 Å². The van der Waals surface area contributed by atoms with Crippen molar-refractivity contribution in [3.05, 3.63) is 23.9 Å². The van der Waals surface area contributed by atoms with Gasteiger partial charge in [0.15, 0.2) is 6.61 Å². The number of pyridine rings is 1. The monoisotopic (exact) mass is 172 g/mol. The van der Waals surface area contributed by atoms with Gasteiger partial charge in [0.2, 0.25) is 5.88 Å². The van der Waals surface area contributed by atoms with Crippen LogP contribution in [-0.2, 0) is 0 Å². The van der Waals surface area contributed by atoms with Crippen molar-refractivity contribution >= 4 is 0 Å². The average molecular weight is 172 g/mol. The molecule has 0 aliphatic carbocycles. The lowest BCUT2D eigenvalue weighted by molar-refractivity contribution is 0.355. The van der Waals surface area contributed by atoms with Gasteiger partial charge >= 0.3 is 0 Å². The van der Waals surface area contributed by atoms with Crippen LogP contribution in [0.25, 0.3) is 0 Å². The van der Waals surface area contributed by atoms with Gasteiger partial charge in [0.25, 0.3) is 0 Å². The van der Waals surface area contributed by atoms with Crippen molar-refractivity contribution in [1.82, 2.24) is 4.98 Å². The van der Waals surface area contributed by atoms with Crippen LogP contribution in [0.4, 0.5) is 0 Å². The number of nitriles is 1. The molecule has 0 spiro atoms. The second-order valence-corrected chi connectivity index (χ2v) is 2.21. The van der Waals surface area contributed by atoms with E-state index in [2.05, 4.69) is 16.8 Å². The molecule has 1 aromatic rings. The molecule has 0 N–H and O–H groups in total. The normalized spacial score (nSPS) is 8.00. The highest BCUT2D eigenvalue weighted by atomic mass is 16.5. The Morgan fingerprint density at radius 2 is 2.46 bits per heavy atom. The SMILES string of the molecule is CC#CCOc1cc(C#N)ccn1. The standard InChI is InChI=1S/C10H8N2O/c1-2-3-6-13-10-7-9(8-11)4-5-12-10/h4-5,7H,6H2,1H3. The molecule has 3 nitrogen and oxygen atoms in total. The number of ether oxygens (including phenoxy) is 1. The zero-order valence-corrected chi connectivity index (χ0v) is 7.24. The number of rotatable bonds is 2. The summed E-state index contributed by atoms with van der Waals surface area (Å²) in [5, 5.41) is 8.57. The number of nitrogens with zero attached hydrogens (tertiary/aromatic N) is 2. The van der Waals surface area contributed by atoms with E-state index in [9.17, 15) is 0 Å². The fraction of sp³-hybridized carbons (Fsp3) is 0.200. The van der Waals surface area contributed by atoms with Crippen molar-refractivity contribution in [3.8, 4) is 23.8 Å². The number of aromatic nitrogens is 1. The number of hydrogen-bond donors (Lipinski definition) is 0. The van der Waals surface area contributed by atoms with E-state index in [0.29, 0.717) is 18.1 Å². The first-order chi connectivity index (χ1) is 6.36. The van der Waals surface area contributed by atoms with E-state index in [1.807, 2.05) is 6.07 Å². The van der Waals surface area contributed by atoms with Crippen LogP contribution in [0.5, 0.6) is 5.88 Å². The summed E-state index contributed by atoms with van der Waals surface area (Å²) in [6, 6.07) is 5.21. The molecular weight excluding hydrogens is 164 g/mol. The van der Waals surface area contributed by atoms with Gasteiger partial charge in [-0.2, -0.15) is 5.26 Å². The van der Waals surface area contributed by atoms with Crippen LogP contribution >= 0.6 is 0 Å². The fourth-order valence-corrected chi connectivity index (χ4v) is 0.740. The van der Waals surface area contributed by atoms with Crippen molar-refractivity contribution in [2.24, 2.45) is 0 Å². The van der Waals surface area contributed by atoms with Gasteiger partial charge in [0, 0.05) is 12.3 Å². The smallest absolute Gasteiger partial charge is 0.215 e. The lowest BCUT2D eigenvalue weighted by atomic mass is 10.3. The second-order valence-electron chi connectivity index (χ2n) is 2.21. The minimum atomic E-state index is 0.304. The third kappa shape index (κ3) is 2.84. The maximum Gasteiger partial charge on any atom is 0.215 e. The van der Waals surface area contributed by atoms with Gasteiger partial charge in [-0.1, -0.05) is 5.92 Å². The minimum absolute atomic E-state index is 0.304. The van der Waals surface area contributed by atoms with Gasteiger partial charge in [0.1, 0.15) is 0 Å². The molecule has 0 radical (unpaired) electrons. The molecule has 1 heterocycles. The molecule has 64 valence electrons. The first kappa shape index (κ1) is 9.09. The second kappa shape index (κ2) is 4.79. The highest BCUT2D eigenvalue weighted by molar-refractivity contribution is 5.31. The summed E-state index contributed by atoms with van der Waals surface area (Å²) in [5.41, 5.74) is 0.537. The van der Waals surface area contributed by atoms with Crippen molar-refractivity contribution in [1.29, 1.82) is 5.26 Å². The van der Waals surface area contributed by atoms with Crippen molar-refractivity contribution in [2.45, 2.75) is 6.92 Å². The molecule has 0 aliphatic rings. The first-order valence-electron chi connectivity index (χ1n) is 3.75. The third-order valence-corrected chi connectivity index (χ3v) is 1.33. The topological polar surface area (TPSA) is 45.9 Å². The quantitative estimate of drug-likeness (QED) is 0.632. The molecular formula is C10H8N2O. The van der Waals surface area contributed by atoms with Crippen LogP contribution in [0.1, 0.15) is 12.5 Å². The molecule has 0 aliphatic heterocycles. The lowest BCUT2D eigenvalue weighted by Gasteiger charge is -1.99. The van der Waals surface area contributed by atoms with E-state index in [0.717, 1.165) is 0 Å². The van der Waals surface area contributed by atoms with Crippen LogP contribution < -0.4 is 4.74 Å². The fourth-order valence-electron chi connectivity index (χ4n) is 0.740. The van der Waals surface area contributed by atoms with Crippen LogP contribution in [-0.4, -0.2) is 11.6 Å². The molecule has 1 aromatic heterocycles. The highest BCUT2D eigenvalue weighted by Crippen LogP contribution is 2.07. The Kier molecular flexibility index (Phi) is 3.35. The Morgan fingerprint density at radius 3 is 3.15 bits per heavy atom. The van der Waals surface area contributed by atoms with Gasteiger partial charge in [-0.3, -0.25) is 0 Å². The molecule has 0 saturated heterocycles. The summed E-state index contributed by atoms with van der Waals surface area (Å²) < 4.78 is 5.15. The molecule has 0 unspecified atom stereocenters. The van der Waals surface area contributed by atoms with Gasteiger partial charge in [-0.05, 0) is 13.0 Å². The summed E-state index contributed by atoms with van der Waals surface area (Å²) >= 11 is 0. The summed E-state index contributed by atoms with van der Waals surface area (Å²) in [5.74, 6) is 5.87. The molecule has 0 amide bonds. The average Bonchev–Trinajstić information content (AvgIpc) is 2.19. The molecule has 0 atom stereocenters. The van der Waals surface area contributed by atoms with E-state index in [1.165, 1.54) is 6.20 Å². The Balaban J connectivity index is 2.66. The minimum Gasteiger partial charge on any atom is -0.464 e. The molecule has 0 aromatic carbocycles. The zero-order valence-electron chi connectivity index (χ0n) is 7.24. The van der Waals surface area contributed by atoms with Crippen molar-refractivity contribution in [2.75, 3.05) is 6.61 Å².